The molecule has 0 aliphatic heterocycles. The van der Waals surface area contributed by atoms with E-state index in [4.69, 9.17) is 51.1 Å². The molecule has 0 spiro atoms. The van der Waals surface area contributed by atoms with Crippen molar-refractivity contribution in [2.75, 3.05) is 6.61 Å². The Bertz CT molecular complexity index is 1470. The Morgan fingerprint density at radius 3 is 1.97 bits per heavy atom. The lowest BCUT2D eigenvalue weighted by atomic mass is 10.0. The highest BCUT2D eigenvalue weighted by atomic mass is 35.5. The molecule has 0 fully saturated rings. The molecule has 4 rings (SSSR count). The molecule has 0 amide bonds. The Morgan fingerprint density at radius 2 is 1.43 bits per heavy atom. The number of aromatic amines is 1. The van der Waals surface area contributed by atoms with Crippen molar-refractivity contribution in [1.29, 1.82) is 0 Å². The first-order valence-corrected chi connectivity index (χ1v) is 12.7. The van der Waals surface area contributed by atoms with Gasteiger partial charge in [-0.25, -0.2) is 4.79 Å². The van der Waals surface area contributed by atoms with E-state index in [0.717, 1.165) is 4.90 Å². The number of carbonyl (C=O) groups excluding carboxylic acids is 1. The molecule has 1 heterocycles. The molecule has 3 aromatic carbocycles. The predicted octanol–water partition coefficient (Wildman–Crippen LogP) is 8.65. The summed E-state index contributed by atoms with van der Waals surface area (Å²) in [7, 11) is 0. The van der Waals surface area contributed by atoms with Crippen molar-refractivity contribution in [1.82, 2.24) is 4.98 Å². The van der Waals surface area contributed by atoms with E-state index in [1.807, 2.05) is 30.3 Å². The van der Waals surface area contributed by atoms with Crippen LogP contribution in [0.5, 0.6) is 0 Å². The lowest BCUT2D eigenvalue weighted by molar-refractivity contribution is 0.0525. The molecule has 0 unspecified atom stereocenters. The van der Waals surface area contributed by atoms with Gasteiger partial charge in [0.2, 0.25) is 5.43 Å². The second-order valence-electron chi connectivity index (χ2n) is 7.29. The molecular formula is C26H17Cl4NO3S. The van der Waals surface area contributed by atoms with E-state index in [0.29, 0.717) is 31.9 Å². The third-order valence-corrected chi connectivity index (χ3v) is 7.20. The topological polar surface area (TPSA) is 59.2 Å². The fourth-order valence-electron chi connectivity index (χ4n) is 3.46. The van der Waals surface area contributed by atoms with Crippen LogP contribution in [0, 0.1) is 0 Å². The van der Waals surface area contributed by atoms with E-state index in [9.17, 15) is 9.59 Å². The fraction of sp³-hybridized carbons (Fsp3) is 0.0769. The van der Waals surface area contributed by atoms with Gasteiger partial charge in [0.05, 0.1) is 32.9 Å². The van der Waals surface area contributed by atoms with E-state index in [1.54, 1.807) is 37.3 Å². The minimum atomic E-state index is -0.765. The van der Waals surface area contributed by atoms with Crippen molar-refractivity contribution in [2.45, 2.75) is 16.7 Å². The molecule has 0 saturated carbocycles. The van der Waals surface area contributed by atoms with Gasteiger partial charge in [-0.3, -0.25) is 4.79 Å². The minimum absolute atomic E-state index is 0.0952. The van der Waals surface area contributed by atoms with Gasteiger partial charge in [0.1, 0.15) is 5.56 Å². The largest absolute Gasteiger partial charge is 0.462 e. The lowest BCUT2D eigenvalue weighted by Crippen LogP contribution is -2.22. The number of ether oxygens (including phenoxy) is 1. The first kappa shape index (κ1) is 25.7. The van der Waals surface area contributed by atoms with Gasteiger partial charge in [0, 0.05) is 26.1 Å². The Kier molecular flexibility index (Phi) is 8.15. The van der Waals surface area contributed by atoms with E-state index >= 15 is 0 Å². The first-order chi connectivity index (χ1) is 16.8. The van der Waals surface area contributed by atoms with E-state index < -0.39 is 11.4 Å². The number of aromatic nitrogens is 1. The Morgan fingerprint density at radius 1 is 0.857 bits per heavy atom. The monoisotopic (exact) mass is 563 g/mol. The van der Waals surface area contributed by atoms with Crippen LogP contribution in [0.25, 0.3) is 22.5 Å². The molecule has 0 aliphatic rings. The van der Waals surface area contributed by atoms with Crippen LogP contribution in [-0.2, 0) is 4.74 Å². The van der Waals surface area contributed by atoms with Crippen LogP contribution in [0.2, 0.25) is 20.1 Å². The Labute approximate surface area is 226 Å². The average Bonchev–Trinajstić information content (AvgIpc) is 2.81. The second-order valence-corrected chi connectivity index (χ2v) is 10.1. The number of hydrogen-bond acceptors (Lipinski definition) is 4. The molecule has 35 heavy (non-hydrogen) atoms. The zero-order chi connectivity index (χ0) is 25.1. The normalized spacial score (nSPS) is 10.9. The number of carbonyl (C=O) groups is 1. The highest BCUT2D eigenvalue weighted by Gasteiger charge is 2.27. The van der Waals surface area contributed by atoms with Gasteiger partial charge < -0.3 is 9.72 Å². The molecule has 0 aliphatic carbocycles. The van der Waals surface area contributed by atoms with Crippen molar-refractivity contribution in [3.05, 3.63) is 103 Å². The molecule has 0 bridgehead atoms. The molecular weight excluding hydrogens is 548 g/mol. The second kappa shape index (κ2) is 11.1. The zero-order valence-electron chi connectivity index (χ0n) is 18.2. The van der Waals surface area contributed by atoms with Crippen molar-refractivity contribution in [3.63, 3.8) is 0 Å². The van der Waals surface area contributed by atoms with Crippen LogP contribution in [0.4, 0.5) is 0 Å². The van der Waals surface area contributed by atoms with Gasteiger partial charge in [0.15, 0.2) is 0 Å². The number of nitrogens with one attached hydrogen (secondary N) is 1. The third-order valence-electron chi connectivity index (χ3n) is 5.00. The SMILES string of the molecule is CCOC(=O)c1c(-c2ccc(Cl)cc2Cl)[nH]c(-c2ccc(Cl)cc2Cl)c(Sc2ccccc2)c1=O. The quantitative estimate of drug-likeness (QED) is 0.238. The van der Waals surface area contributed by atoms with Gasteiger partial charge in [-0.05, 0) is 55.5 Å². The summed E-state index contributed by atoms with van der Waals surface area (Å²) in [6.45, 7) is 1.76. The van der Waals surface area contributed by atoms with E-state index in [-0.39, 0.29) is 27.8 Å². The van der Waals surface area contributed by atoms with Crippen LogP contribution in [0.3, 0.4) is 0 Å². The summed E-state index contributed by atoms with van der Waals surface area (Å²) in [5, 5.41) is 1.45. The van der Waals surface area contributed by atoms with Crippen molar-refractivity contribution in [3.8, 4) is 22.5 Å². The maximum absolute atomic E-state index is 14.0. The number of benzene rings is 3. The first-order valence-electron chi connectivity index (χ1n) is 10.4. The van der Waals surface area contributed by atoms with Crippen LogP contribution >= 0.6 is 58.2 Å². The van der Waals surface area contributed by atoms with Crippen LogP contribution in [0.1, 0.15) is 17.3 Å². The van der Waals surface area contributed by atoms with E-state index in [2.05, 4.69) is 4.98 Å². The van der Waals surface area contributed by atoms with Gasteiger partial charge in [-0.15, -0.1) is 0 Å². The minimum Gasteiger partial charge on any atom is -0.462 e. The maximum atomic E-state index is 14.0. The summed E-state index contributed by atoms with van der Waals surface area (Å²) in [6.07, 6.45) is 0. The Hall–Kier alpha value is -2.41. The van der Waals surface area contributed by atoms with Gasteiger partial charge in [0.25, 0.3) is 0 Å². The molecule has 1 aromatic heterocycles. The number of esters is 1. The standard InChI is InChI=1S/C26H17Cl4NO3S/c1-2-34-26(33)21-22(17-10-8-14(27)12-19(17)29)31-23(18-11-9-15(28)13-20(18)30)25(24(21)32)35-16-6-4-3-5-7-16/h3-13H,2H2,1H3,(H,31,32). The highest BCUT2D eigenvalue weighted by Crippen LogP contribution is 2.40. The van der Waals surface area contributed by atoms with Crippen LogP contribution in [0.15, 0.2) is 81.3 Å². The molecule has 4 aromatic rings. The number of pyridine rings is 1. The average molecular weight is 565 g/mol. The summed E-state index contributed by atoms with van der Waals surface area (Å²) in [6, 6.07) is 19.1. The van der Waals surface area contributed by atoms with Crippen LogP contribution < -0.4 is 5.43 Å². The van der Waals surface area contributed by atoms with Crippen molar-refractivity contribution >= 4 is 64.1 Å². The molecule has 4 nitrogen and oxygen atoms in total. The number of hydrogen-bond donors (Lipinski definition) is 1. The van der Waals surface area contributed by atoms with Gasteiger partial charge >= 0.3 is 5.97 Å². The molecule has 0 radical (unpaired) electrons. The van der Waals surface area contributed by atoms with Crippen molar-refractivity contribution in [2.24, 2.45) is 0 Å². The molecule has 0 atom stereocenters. The molecule has 0 saturated heterocycles. The highest BCUT2D eigenvalue weighted by molar-refractivity contribution is 7.99. The number of H-pyrrole nitrogens is 1. The molecule has 9 heteroatoms. The summed E-state index contributed by atoms with van der Waals surface area (Å²) in [4.78, 5) is 31.3. The van der Waals surface area contributed by atoms with Crippen molar-refractivity contribution < 1.29 is 9.53 Å². The summed E-state index contributed by atoms with van der Waals surface area (Å²) in [5.41, 5.74) is 0.890. The fourth-order valence-corrected chi connectivity index (χ4v) is 5.46. The summed E-state index contributed by atoms with van der Waals surface area (Å²) in [5.74, 6) is -0.765. The number of halogens is 4. The molecule has 178 valence electrons. The van der Waals surface area contributed by atoms with E-state index in [1.165, 1.54) is 17.8 Å². The lowest BCUT2D eigenvalue weighted by Gasteiger charge is -2.17. The van der Waals surface area contributed by atoms with Crippen LogP contribution in [-0.4, -0.2) is 17.6 Å². The Balaban J connectivity index is 2.09. The third kappa shape index (κ3) is 5.55. The smallest absolute Gasteiger partial charge is 0.344 e. The maximum Gasteiger partial charge on any atom is 0.344 e. The predicted molar refractivity (Wildman–Crippen MR) is 144 cm³/mol. The number of rotatable bonds is 6. The summed E-state index contributed by atoms with van der Waals surface area (Å²) >= 11 is 26.4. The van der Waals surface area contributed by atoms with Gasteiger partial charge in [-0.1, -0.05) is 76.4 Å². The van der Waals surface area contributed by atoms with Gasteiger partial charge in [-0.2, -0.15) is 0 Å². The molecule has 1 N–H and O–H groups in total. The summed E-state index contributed by atoms with van der Waals surface area (Å²) < 4.78 is 5.24. The zero-order valence-corrected chi connectivity index (χ0v) is 22.0.